The van der Waals surface area contributed by atoms with Gasteiger partial charge in [-0.05, 0) is 40.8 Å². The lowest BCUT2D eigenvalue weighted by molar-refractivity contribution is 0.607. The second kappa shape index (κ2) is 4.13. The summed E-state index contributed by atoms with van der Waals surface area (Å²) in [5.74, 6) is 2.54. The summed E-state index contributed by atoms with van der Waals surface area (Å²) in [5, 5.41) is 3.16. The third kappa shape index (κ3) is 2.04. The Hall–Kier alpha value is -0.390. The number of aromatic nitrogens is 2. The lowest BCUT2D eigenvalue weighted by atomic mass is 10.1. The number of hydrogen-bond acceptors (Lipinski definition) is 3. The van der Waals surface area contributed by atoms with E-state index in [1.807, 2.05) is 7.05 Å². The molecule has 0 radical (unpaired) electrons. The summed E-state index contributed by atoms with van der Waals surface area (Å²) in [5.41, 5.74) is 1.56. The fraction of sp³-hybridized carbons (Fsp3) is 0.667. The first-order chi connectivity index (χ1) is 7.49. The molecular formula is C12H18IN3. The van der Waals surface area contributed by atoms with Gasteiger partial charge in [-0.1, -0.05) is 20.8 Å². The van der Waals surface area contributed by atoms with Gasteiger partial charge in [-0.15, -0.1) is 0 Å². The van der Waals surface area contributed by atoms with E-state index in [4.69, 9.17) is 4.98 Å². The molecule has 3 nitrogen and oxygen atoms in total. The highest BCUT2D eigenvalue weighted by Crippen LogP contribution is 2.57. The lowest BCUT2D eigenvalue weighted by Crippen LogP contribution is -2.07. The molecule has 1 aromatic rings. The average Bonchev–Trinajstić information content (AvgIpc) is 2.88. The highest BCUT2D eigenvalue weighted by Gasteiger charge is 2.48. The van der Waals surface area contributed by atoms with Crippen molar-refractivity contribution >= 4 is 28.4 Å². The van der Waals surface area contributed by atoms with Crippen molar-refractivity contribution < 1.29 is 0 Å². The van der Waals surface area contributed by atoms with Crippen LogP contribution in [0, 0.1) is 8.99 Å². The molecule has 1 saturated carbocycles. The average molecular weight is 331 g/mol. The molecule has 1 unspecified atom stereocenters. The Bertz CT molecular complexity index is 390. The van der Waals surface area contributed by atoms with Crippen LogP contribution in [-0.2, 0) is 6.42 Å². The van der Waals surface area contributed by atoms with E-state index in [0.717, 1.165) is 27.3 Å². The SMILES string of the molecule is CCc1nc(C2CC2(C)C)nc(NC)c1I. The van der Waals surface area contributed by atoms with Gasteiger partial charge in [0, 0.05) is 13.0 Å². The van der Waals surface area contributed by atoms with Crippen LogP contribution in [-0.4, -0.2) is 17.0 Å². The summed E-state index contributed by atoms with van der Waals surface area (Å²) in [6.07, 6.45) is 2.18. The number of aryl methyl sites for hydroxylation is 1. The Morgan fingerprint density at radius 2 is 2.06 bits per heavy atom. The number of rotatable bonds is 3. The predicted molar refractivity (Wildman–Crippen MR) is 74.8 cm³/mol. The van der Waals surface area contributed by atoms with Crippen molar-refractivity contribution in [2.75, 3.05) is 12.4 Å². The molecule has 1 fully saturated rings. The third-order valence-electron chi connectivity index (χ3n) is 3.33. The number of halogens is 1. The zero-order chi connectivity index (χ0) is 11.9. The second-order valence-electron chi connectivity index (χ2n) is 5.04. The van der Waals surface area contributed by atoms with Gasteiger partial charge in [0.25, 0.3) is 0 Å². The zero-order valence-corrected chi connectivity index (χ0v) is 12.4. The smallest absolute Gasteiger partial charge is 0.143 e. The van der Waals surface area contributed by atoms with Crippen LogP contribution < -0.4 is 5.32 Å². The van der Waals surface area contributed by atoms with Crippen LogP contribution in [0.25, 0.3) is 0 Å². The van der Waals surface area contributed by atoms with E-state index in [0.29, 0.717) is 11.3 Å². The van der Waals surface area contributed by atoms with Gasteiger partial charge in [0.2, 0.25) is 0 Å². The standard InChI is InChI=1S/C12H18IN3/c1-5-8-9(13)11(14-4)16-10(15-8)7-6-12(7,2)3/h7H,5-6H2,1-4H3,(H,14,15,16). The summed E-state index contributed by atoms with van der Waals surface area (Å²) in [6, 6.07) is 0. The van der Waals surface area contributed by atoms with Crippen molar-refractivity contribution in [2.45, 2.75) is 39.5 Å². The van der Waals surface area contributed by atoms with Crippen LogP contribution in [0.3, 0.4) is 0 Å². The van der Waals surface area contributed by atoms with Crippen molar-refractivity contribution in [1.82, 2.24) is 9.97 Å². The molecule has 16 heavy (non-hydrogen) atoms. The van der Waals surface area contributed by atoms with Gasteiger partial charge in [-0.3, -0.25) is 0 Å². The van der Waals surface area contributed by atoms with E-state index < -0.39 is 0 Å². The number of nitrogens with zero attached hydrogens (tertiary/aromatic N) is 2. The van der Waals surface area contributed by atoms with Crippen molar-refractivity contribution in [3.05, 3.63) is 15.1 Å². The van der Waals surface area contributed by atoms with Gasteiger partial charge >= 0.3 is 0 Å². The minimum atomic E-state index is 0.392. The minimum Gasteiger partial charge on any atom is -0.372 e. The molecule has 0 saturated heterocycles. The molecule has 0 bridgehead atoms. The van der Waals surface area contributed by atoms with E-state index in [1.165, 1.54) is 6.42 Å². The third-order valence-corrected chi connectivity index (χ3v) is 4.47. The van der Waals surface area contributed by atoms with Crippen molar-refractivity contribution in [3.8, 4) is 0 Å². The summed E-state index contributed by atoms with van der Waals surface area (Å²) in [7, 11) is 1.92. The van der Waals surface area contributed by atoms with E-state index in [1.54, 1.807) is 0 Å². The van der Waals surface area contributed by atoms with Crippen LogP contribution >= 0.6 is 22.6 Å². The van der Waals surface area contributed by atoms with Crippen molar-refractivity contribution in [2.24, 2.45) is 5.41 Å². The molecule has 1 N–H and O–H groups in total. The second-order valence-corrected chi connectivity index (χ2v) is 6.12. The molecule has 88 valence electrons. The minimum absolute atomic E-state index is 0.392. The molecule has 1 aromatic heterocycles. The Balaban J connectivity index is 2.40. The topological polar surface area (TPSA) is 37.8 Å². The van der Waals surface area contributed by atoms with Crippen LogP contribution in [0.1, 0.15) is 44.6 Å². The number of nitrogens with one attached hydrogen (secondary N) is 1. The molecule has 0 amide bonds. The molecule has 0 aliphatic heterocycles. The maximum atomic E-state index is 4.70. The molecule has 1 aliphatic rings. The Morgan fingerprint density at radius 1 is 1.44 bits per heavy atom. The maximum absolute atomic E-state index is 4.70. The molecule has 2 rings (SSSR count). The van der Waals surface area contributed by atoms with Crippen molar-refractivity contribution in [3.63, 3.8) is 0 Å². The maximum Gasteiger partial charge on any atom is 0.143 e. The summed E-state index contributed by atoms with van der Waals surface area (Å²) in [4.78, 5) is 9.33. The summed E-state index contributed by atoms with van der Waals surface area (Å²) in [6.45, 7) is 6.71. The number of anilines is 1. The zero-order valence-electron chi connectivity index (χ0n) is 10.3. The molecule has 4 heteroatoms. The normalized spacial score (nSPS) is 21.9. The van der Waals surface area contributed by atoms with Gasteiger partial charge in [0.1, 0.15) is 11.6 Å². The molecule has 1 heterocycles. The van der Waals surface area contributed by atoms with Crippen LogP contribution in [0.4, 0.5) is 5.82 Å². The van der Waals surface area contributed by atoms with Crippen LogP contribution in [0.5, 0.6) is 0 Å². The lowest BCUT2D eigenvalue weighted by Gasteiger charge is -2.10. The van der Waals surface area contributed by atoms with Gasteiger partial charge in [0.15, 0.2) is 0 Å². The Morgan fingerprint density at radius 3 is 2.50 bits per heavy atom. The van der Waals surface area contributed by atoms with E-state index >= 15 is 0 Å². The van der Waals surface area contributed by atoms with E-state index in [9.17, 15) is 0 Å². The fourth-order valence-corrected chi connectivity index (χ4v) is 2.87. The first kappa shape index (κ1) is 12.1. The fourth-order valence-electron chi connectivity index (χ4n) is 1.98. The Labute approximate surface area is 111 Å². The predicted octanol–water partition coefficient (Wildman–Crippen LogP) is 3.20. The van der Waals surface area contributed by atoms with Gasteiger partial charge < -0.3 is 5.32 Å². The summed E-state index contributed by atoms with van der Waals surface area (Å²) < 4.78 is 1.16. The Kier molecular flexibility index (Phi) is 3.11. The monoisotopic (exact) mass is 331 g/mol. The summed E-state index contributed by atoms with van der Waals surface area (Å²) >= 11 is 2.32. The largest absolute Gasteiger partial charge is 0.372 e. The first-order valence-corrected chi connectivity index (χ1v) is 6.81. The van der Waals surface area contributed by atoms with Crippen LogP contribution in [0.15, 0.2) is 0 Å². The molecular weight excluding hydrogens is 313 g/mol. The van der Waals surface area contributed by atoms with E-state index in [2.05, 4.69) is 53.7 Å². The van der Waals surface area contributed by atoms with Crippen LogP contribution in [0.2, 0.25) is 0 Å². The highest BCUT2D eigenvalue weighted by atomic mass is 127. The van der Waals surface area contributed by atoms with Gasteiger partial charge in [0.05, 0.1) is 9.26 Å². The first-order valence-electron chi connectivity index (χ1n) is 5.73. The van der Waals surface area contributed by atoms with Gasteiger partial charge in [-0.2, -0.15) is 0 Å². The van der Waals surface area contributed by atoms with Gasteiger partial charge in [-0.25, -0.2) is 9.97 Å². The van der Waals surface area contributed by atoms with Crippen molar-refractivity contribution in [1.29, 1.82) is 0 Å². The quantitative estimate of drug-likeness (QED) is 0.865. The molecule has 0 aromatic carbocycles. The van der Waals surface area contributed by atoms with E-state index in [-0.39, 0.29) is 0 Å². The number of hydrogen-bond donors (Lipinski definition) is 1. The highest BCUT2D eigenvalue weighted by molar-refractivity contribution is 14.1. The molecule has 0 spiro atoms. The molecule has 1 aliphatic carbocycles. The molecule has 1 atom stereocenters.